The number of ether oxygens (including phenoxy) is 4. The minimum atomic E-state index is -1.52. The molecule has 2 unspecified atom stereocenters. The summed E-state index contributed by atoms with van der Waals surface area (Å²) in [5.41, 5.74) is 0. The third kappa shape index (κ3) is 49.9. The second-order valence-electron chi connectivity index (χ2n) is 18.5. The number of carbonyl (C=O) groups is 3. The Morgan fingerprint density at radius 3 is 1.27 bits per heavy atom. The quantitative estimate of drug-likeness (QED) is 0.0211. The largest absolute Gasteiger partial charge is 0.477 e. The van der Waals surface area contributed by atoms with Gasteiger partial charge < -0.3 is 28.5 Å². The van der Waals surface area contributed by atoms with E-state index in [1.165, 1.54) is 51.4 Å². The number of carboxylic acid groups (broad SMARTS) is 1. The summed E-state index contributed by atoms with van der Waals surface area (Å²) in [6.07, 6.45) is 61.9. The van der Waals surface area contributed by atoms with Crippen molar-refractivity contribution in [3.8, 4) is 0 Å². The van der Waals surface area contributed by atoms with Crippen LogP contribution in [0.4, 0.5) is 0 Å². The maximum atomic E-state index is 12.8. The normalized spacial score (nSPS) is 13.6. The van der Waals surface area contributed by atoms with Gasteiger partial charge in [-0.15, -0.1) is 0 Å². The highest BCUT2D eigenvalue weighted by Gasteiger charge is 2.25. The number of likely N-dealkylation sites (N-methyl/N-ethyl adjacent to an activating group) is 1. The molecule has 67 heavy (non-hydrogen) atoms. The van der Waals surface area contributed by atoms with E-state index in [0.717, 1.165) is 109 Å². The van der Waals surface area contributed by atoms with Crippen LogP contribution in [0.25, 0.3) is 0 Å². The number of hydrogen-bond donors (Lipinski definition) is 1. The highest BCUT2D eigenvalue weighted by atomic mass is 16.7. The van der Waals surface area contributed by atoms with Gasteiger partial charge in [-0.1, -0.05) is 201 Å². The van der Waals surface area contributed by atoms with Crippen LogP contribution < -0.4 is 0 Å². The average Bonchev–Trinajstić information content (AvgIpc) is 3.29. The summed E-state index contributed by atoms with van der Waals surface area (Å²) in [6.45, 7) is 4.72. The molecule has 382 valence electrons. The number of carboxylic acids is 1. The molecule has 0 aliphatic heterocycles. The Bertz CT molecular complexity index is 1420. The van der Waals surface area contributed by atoms with Crippen LogP contribution in [0.5, 0.6) is 0 Å². The third-order valence-electron chi connectivity index (χ3n) is 10.9. The number of carbonyl (C=O) groups excluding carboxylic acids is 2. The van der Waals surface area contributed by atoms with Crippen molar-refractivity contribution in [3.63, 3.8) is 0 Å². The van der Waals surface area contributed by atoms with E-state index in [9.17, 15) is 19.5 Å². The Labute approximate surface area is 410 Å². The first-order valence-electron chi connectivity index (χ1n) is 26.4. The summed E-state index contributed by atoms with van der Waals surface area (Å²) in [5, 5.41) is 9.66. The SMILES string of the molecule is CC/C=C\C/C=C\C/C=C\C/C=C\C/C=C\C/C=C\C/C=C\C/C=C\CCCCCCCCC(=O)OC(COC(=O)CCCCCCCCCCCCC)COC(OCC[N+](C)(C)C)C(=O)O. The molecular weight excluding hydrogens is 839 g/mol. The fourth-order valence-electron chi connectivity index (χ4n) is 6.79. The predicted molar refractivity (Wildman–Crippen MR) is 281 cm³/mol. The van der Waals surface area contributed by atoms with Crippen molar-refractivity contribution in [2.45, 2.75) is 206 Å². The number of hydrogen-bond acceptors (Lipinski definition) is 7. The Hall–Kier alpha value is -3.79. The Kier molecular flexibility index (Phi) is 45.9. The highest BCUT2D eigenvalue weighted by Crippen LogP contribution is 2.14. The third-order valence-corrected chi connectivity index (χ3v) is 10.9. The topological polar surface area (TPSA) is 108 Å². The standard InChI is InChI=1S/C58H97NO8/c1-6-8-10-12-14-16-18-19-20-21-22-23-24-25-26-27-28-29-30-31-32-33-34-35-36-37-39-41-43-45-47-49-56(61)67-54(53-66-58(57(62)63)64-51-50-59(3,4)5)52-65-55(60)48-46-44-42-40-38-17-15-13-11-9-7-2/h8,10,14,16,19-20,22-23,25-26,28-29,31-32,34-35,54,58H,6-7,9,11-13,15,17-18,21,24,27,30,33,36-53H2,1-5H3/p+1/b10-8-,16-14-,20-19-,23-22-,26-25-,29-28-,32-31-,35-34-. The molecule has 0 saturated heterocycles. The second-order valence-corrected chi connectivity index (χ2v) is 18.5. The molecule has 0 fully saturated rings. The summed E-state index contributed by atoms with van der Waals surface area (Å²) < 4.78 is 22.8. The minimum absolute atomic E-state index is 0.181. The molecule has 9 heteroatoms. The molecule has 9 nitrogen and oxygen atoms in total. The molecule has 0 aromatic heterocycles. The summed E-state index contributed by atoms with van der Waals surface area (Å²) in [5.74, 6) is -2.04. The van der Waals surface area contributed by atoms with E-state index in [2.05, 4.69) is 111 Å². The molecule has 0 aliphatic carbocycles. The smallest absolute Gasteiger partial charge is 0.361 e. The number of unbranched alkanes of at least 4 members (excludes halogenated alkanes) is 16. The summed E-state index contributed by atoms with van der Waals surface area (Å²) in [7, 11) is 5.95. The van der Waals surface area contributed by atoms with Crippen molar-refractivity contribution < 1.29 is 42.9 Å². The van der Waals surface area contributed by atoms with Crippen molar-refractivity contribution in [3.05, 3.63) is 97.2 Å². The fraction of sp³-hybridized carbons (Fsp3) is 0.672. The van der Waals surface area contributed by atoms with Gasteiger partial charge in [0.25, 0.3) is 6.29 Å². The highest BCUT2D eigenvalue weighted by molar-refractivity contribution is 5.71. The van der Waals surface area contributed by atoms with Gasteiger partial charge in [-0.3, -0.25) is 9.59 Å². The summed E-state index contributed by atoms with van der Waals surface area (Å²) >= 11 is 0. The number of rotatable bonds is 47. The van der Waals surface area contributed by atoms with Crippen molar-refractivity contribution >= 4 is 17.9 Å². The average molecular weight is 937 g/mol. The lowest BCUT2D eigenvalue weighted by molar-refractivity contribution is -0.870. The molecule has 0 spiro atoms. The van der Waals surface area contributed by atoms with E-state index < -0.39 is 24.3 Å². The van der Waals surface area contributed by atoms with Crippen LogP contribution in [-0.4, -0.2) is 87.4 Å². The first-order chi connectivity index (χ1) is 32.6. The van der Waals surface area contributed by atoms with Crippen LogP contribution in [0, 0.1) is 0 Å². The second kappa shape index (κ2) is 48.7. The molecule has 0 amide bonds. The molecule has 0 heterocycles. The molecule has 0 aliphatic rings. The molecular formula is C58H98NO8+. The number of nitrogens with zero attached hydrogens (tertiary/aromatic N) is 1. The molecule has 0 radical (unpaired) electrons. The van der Waals surface area contributed by atoms with Crippen LogP contribution in [-0.2, 0) is 33.3 Å². The van der Waals surface area contributed by atoms with Crippen LogP contribution in [0.3, 0.4) is 0 Å². The molecule has 2 atom stereocenters. The van der Waals surface area contributed by atoms with Gasteiger partial charge in [0.1, 0.15) is 13.2 Å². The lowest BCUT2D eigenvalue weighted by Gasteiger charge is -2.25. The number of allylic oxidation sites excluding steroid dienone is 16. The first-order valence-corrected chi connectivity index (χ1v) is 26.4. The first kappa shape index (κ1) is 63.2. The van der Waals surface area contributed by atoms with Gasteiger partial charge in [-0.25, -0.2) is 4.79 Å². The van der Waals surface area contributed by atoms with Crippen LogP contribution in [0.15, 0.2) is 97.2 Å². The molecule has 0 aromatic carbocycles. The molecule has 1 N–H and O–H groups in total. The molecule has 0 saturated carbocycles. The zero-order valence-electron chi connectivity index (χ0n) is 43.3. The van der Waals surface area contributed by atoms with E-state index in [0.29, 0.717) is 23.9 Å². The zero-order chi connectivity index (χ0) is 49.2. The fourth-order valence-corrected chi connectivity index (χ4v) is 6.79. The van der Waals surface area contributed by atoms with E-state index in [1.54, 1.807) is 0 Å². The van der Waals surface area contributed by atoms with Gasteiger partial charge in [-0.05, 0) is 77.0 Å². The Balaban J connectivity index is 4.28. The Morgan fingerprint density at radius 2 is 0.851 bits per heavy atom. The number of esters is 2. The summed E-state index contributed by atoms with van der Waals surface area (Å²) in [6, 6.07) is 0. The van der Waals surface area contributed by atoms with Crippen molar-refractivity contribution in [2.24, 2.45) is 0 Å². The van der Waals surface area contributed by atoms with Crippen LogP contribution in [0.1, 0.15) is 194 Å². The monoisotopic (exact) mass is 937 g/mol. The lowest BCUT2D eigenvalue weighted by atomic mass is 10.1. The van der Waals surface area contributed by atoms with Crippen molar-refractivity contribution in [2.75, 3.05) is 47.5 Å². The van der Waals surface area contributed by atoms with Gasteiger partial charge in [0, 0.05) is 12.8 Å². The Morgan fingerprint density at radius 1 is 0.463 bits per heavy atom. The summed E-state index contributed by atoms with van der Waals surface area (Å²) in [4.78, 5) is 37.2. The molecule has 0 aromatic rings. The predicted octanol–water partition coefficient (Wildman–Crippen LogP) is 15.0. The maximum Gasteiger partial charge on any atom is 0.361 e. The zero-order valence-corrected chi connectivity index (χ0v) is 43.3. The van der Waals surface area contributed by atoms with Gasteiger partial charge in [0.2, 0.25) is 0 Å². The molecule has 0 bridgehead atoms. The van der Waals surface area contributed by atoms with Crippen LogP contribution >= 0.6 is 0 Å². The number of aliphatic carboxylic acids is 1. The van der Waals surface area contributed by atoms with Crippen LogP contribution in [0.2, 0.25) is 0 Å². The lowest BCUT2D eigenvalue weighted by Crippen LogP contribution is -2.40. The van der Waals surface area contributed by atoms with Crippen molar-refractivity contribution in [1.29, 1.82) is 0 Å². The minimum Gasteiger partial charge on any atom is -0.477 e. The van der Waals surface area contributed by atoms with Gasteiger partial charge >= 0.3 is 17.9 Å². The van der Waals surface area contributed by atoms with Gasteiger partial charge in [0.05, 0.1) is 34.4 Å². The molecule has 0 rings (SSSR count). The van der Waals surface area contributed by atoms with Gasteiger partial charge in [0.15, 0.2) is 6.10 Å². The van der Waals surface area contributed by atoms with E-state index in [-0.39, 0.29) is 32.2 Å². The number of quaternary nitrogens is 1. The maximum absolute atomic E-state index is 12.8. The van der Waals surface area contributed by atoms with Gasteiger partial charge in [-0.2, -0.15) is 0 Å². The van der Waals surface area contributed by atoms with E-state index in [4.69, 9.17) is 18.9 Å². The van der Waals surface area contributed by atoms with E-state index >= 15 is 0 Å². The van der Waals surface area contributed by atoms with Crippen molar-refractivity contribution in [1.82, 2.24) is 0 Å². The van der Waals surface area contributed by atoms with E-state index in [1.807, 2.05) is 21.1 Å².